The number of hydrogen-bond donors (Lipinski definition) is 0. The minimum absolute atomic E-state index is 0.167. The summed E-state index contributed by atoms with van der Waals surface area (Å²) in [5.74, 6) is -0.460. The minimum Gasteiger partial charge on any atom is -0.284 e. The number of nitro groups is 2. The average molecular weight is 397 g/mol. The fourth-order valence-corrected chi connectivity index (χ4v) is 5.28. The number of aliphatic imine (C=N–C) groups is 1. The third kappa shape index (κ3) is 3.90. The highest BCUT2D eigenvalue weighted by molar-refractivity contribution is 8.45. The second-order valence-corrected chi connectivity index (χ2v) is 8.57. The summed E-state index contributed by atoms with van der Waals surface area (Å²) in [6, 6.07) is 5.69. The predicted molar refractivity (Wildman–Crippen MR) is 103 cm³/mol. The summed E-state index contributed by atoms with van der Waals surface area (Å²) in [5, 5.41) is 22.2. The molecule has 0 radical (unpaired) electrons. The summed E-state index contributed by atoms with van der Waals surface area (Å²) < 4.78 is 0.588. The molecule has 26 heavy (non-hydrogen) atoms. The van der Waals surface area contributed by atoms with Gasteiger partial charge in [-0.2, -0.15) is 0 Å². The van der Waals surface area contributed by atoms with E-state index >= 15 is 0 Å². The highest BCUT2D eigenvalue weighted by Crippen LogP contribution is 2.48. The largest absolute Gasteiger partial charge is 0.284 e. The molecule has 8 nitrogen and oxygen atoms in total. The van der Waals surface area contributed by atoms with Gasteiger partial charge in [0.25, 0.3) is 5.69 Å². The quantitative estimate of drug-likeness (QED) is 0.508. The molecule has 0 saturated heterocycles. The monoisotopic (exact) mass is 397 g/mol. The van der Waals surface area contributed by atoms with Crippen molar-refractivity contribution in [2.75, 3.05) is 12.3 Å². The molecule has 0 bridgehead atoms. The Hall–Kier alpha value is -1.94. The molecule has 0 saturated carbocycles. The maximum Gasteiger partial charge on any atom is 0.269 e. The number of carbonyl (C=O) groups excluding carboxylic acids is 1. The molecular weight excluding hydrogens is 378 g/mol. The van der Waals surface area contributed by atoms with Crippen molar-refractivity contribution in [2.45, 2.75) is 32.2 Å². The van der Waals surface area contributed by atoms with Crippen LogP contribution >= 0.6 is 23.5 Å². The van der Waals surface area contributed by atoms with Crippen LogP contribution in [0, 0.1) is 26.1 Å². The average Bonchev–Trinajstić information content (AvgIpc) is 2.90. The van der Waals surface area contributed by atoms with E-state index in [-0.39, 0.29) is 16.7 Å². The van der Waals surface area contributed by atoms with Crippen molar-refractivity contribution in [2.24, 2.45) is 10.9 Å². The van der Waals surface area contributed by atoms with Crippen LogP contribution in [0.2, 0.25) is 0 Å². The van der Waals surface area contributed by atoms with Crippen molar-refractivity contribution in [1.82, 2.24) is 0 Å². The molecule has 0 fully saturated rings. The molecule has 10 heteroatoms. The molecule has 1 aliphatic rings. The zero-order chi connectivity index (χ0) is 19.5. The smallest absolute Gasteiger partial charge is 0.269 e. The van der Waals surface area contributed by atoms with Crippen LogP contribution in [0.4, 0.5) is 5.69 Å². The standard InChI is InChI=1S/C16H19N3O5S2/c1-4-25-15-17-16(10(2)3,14(20)26-15)13(9-18(21)22)11-6-5-7-12(8-11)19(23)24/h5-8,10,13H,4,9H2,1-3H3/t13-,16+/m1/s1. The predicted octanol–water partition coefficient (Wildman–Crippen LogP) is 3.73. The Kier molecular flexibility index (Phi) is 6.40. The molecule has 0 aliphatic carbocycles. The Bertz CT molecular complexity index is 768. The second-order valence-electron chi connectivity index (χ2n) is 6.10. The molecule has 2 atom stereocenters. The molecule has 1 aromatic carbocycles. The van der Waals surface area contributed by atoms with Gasteiger partial charge in [-0.1, -0.05) is 44.7 Å². The van der Waals surface area contributed by atoms with Gasteiger partial charge in [-0.3, -0.25) is 30.0 Å². The van der Waals surface area contributed by atoms with Crippen molar-refractivity contribution >= 4 is 38.7 Å². The van der Waals surface area contributed by atoms with E-state index in [1.54, 1.807) is 19.9 Å². The topological polar surface area (TPSA) is 116 Å². The molecule has 1 heterocycles. The molecule has 0 amide bonds. The first kappa shape index (κ1) is 20.4. The lowest BCUT2D eigenvalue weighted by molar-refractivity contribution is -0.485. The first-order valence-corrected chi connectivity index (χ1v) is 9.83. The van der Waals surface area contributed by atoms with E-state index in [1.165, 1.54) is 30.0 Å². The van der Waals surface area contributed by atoms with E-state index in [2.05, 4.69) is 4.99 Å². The van der Waals surface area contributed by atoms with E-state index in [4.69, 9.17) is 0 Å². The van der Waals surface area contributed by atoms with Gasteiger partial charge < -0.3 is 0 Å². The Morgan fingerprint density at radius 1 is 1.31 bits per heavy atom. The molecule has 1 aliphatic heterocycles. The number of nitro benzene ring substituents is 1. The molecule has 0 spiro atoms. The number of thioether (sulfide) groups is 2. The minimum atomic E-state index is -1.32. The van der Waals surface area contributed by atoms with E-state index in [9.17, 15) is 25.0 Å². The summed E-state index contributed by atoms with van der Waals surface area (Å²) in [4.78, 5) is 38.9. The fraction of sp³-hybridized carbons (Fsp3) is 0.500. The maximum atomic E-state index is 12.9. The summed E-state index contributed by atoms with van der Waals surface area (Å²) in [6.07, 6.45) is 0. The fourth-order valence-electron chi connectivity index (χ4n) is 3.06. The highest BCUT2D eigenvalue weighted by atomic mass is 32.2. The molecule has 140 valence electrons. The van der Waals surface area contributed by atoms with Crippen LogP contribution in [0.15, 0.2) is 29.3 Å². The van der Waals surface area contributed by atoms with Gasteiger partial charge in [-0.25, -0.2) is 0 Å². The van der Waals surface area contributed by atoms with Crippen LogP contribution in [-0.4, -0.2) is 37.2 Å². The Morgan fingerprint density at radius 2 is 2.00 bits per heavy atom. The first-order chi connectivity index (χ1) is 12.2. The van der Waals surface area contributed by atoms with E-state index in [0.29, 0.717) is 9.94 Å². The van der Waals surface area contributed by atoms with Gasteiger partial charge in [-0.05, 0) is 29.0 Å². The van der Waals surface area contributed by atoms with Gasteiger partial charge in [0, 0.05) is 17.1 Å². The van der Waals surface area contributed by atoms with Gasteiger partial charge in [0.2, 0.25) is 11.7 Å². The van der Waals surface area contributed by atoms with Crippen molar-refractivity contribution in [3.63, 3.8) is 0 Å². The van der Waals surface area contributed by atoms with Gasteiger partial charge in [0.1, 0.15) is 9.91 Å². The van der Waals surface area contributed by atoms with Crippen LogP contribution in [0.1, 0.15) is 32.3 Å². The van der Waals surface area contributed by atoms with Crippen LogP contribution in [0.25, 0.3) is 0 Å². The third-order valence-corrected chi connectivity index (χ3v) is 6.29. The van der Waals surface area contributed by atoms with Gasteiger partial charge in [0.05, 0.1) is 10.8 Å². The zero-order valence-corrected chi connectivity index (χ0v) is 16.2. The molecule has 0 unspecified atom stereocenters. The van der Waals surface area contributed by atoms with Crippen LogP contribution in [0.5, 0.6) is 0 Å². The maximum absolute atomic E-state index is 12.9. The summed E-state index contributed by atoms with van der Waals surface area (Å²) >= 11 is 2.42. The van der Waals surface area contributed by atoms with Crippen LogP contribution in [0.3, 0.4) is 0 Å². The van der Waals surface area contributed by atoms with Gasteiger partial charge in [-0.15, -0.1) is 0 Å². The number of non-ortho nitro benzene ring substituents is 1. The number of rotatable bonds is 7. The molecular formula is C16H19N3O5S2. The van der Waals surface area contributed by atoms with Crippen LogP contribution < -0.4 is 0 Å². The highest BCUT2D eigenvalue weighted by Gasteiger charge is 2.55. The van der Waals surface area contributed by atoms with Crippen molar-refractivity contribution in [3.8, 4) is 0 Å². The molecule has 1 aromatic rings. The van der Waals surface area contributed by atoms with Crippen molar-refractivity contribution in [3.05, 3.63) is 50.1 Å². The first-order valence-electron chi connectivity index (χ1n) is 8.03. The Morgan fingerprint density at radius 3 is 2.54 bits per heavy atom. The summed E-state index contributed by atoms with van der Waals surface area (Å²) in [6.45, 7) is 5.00. The van der Waals surface area contributed by atoms with Gasteiger partial charge >= 0.3 is 0 Å². The molecule has 0 N–H and O–H groups in total. The number of carbonyl (C=O) groups is 1. The normalized spacial score (nSPS) is 20.9. The van der Waals surface area contributed by atoms with Crippen molar-refractivity contribution < 1.29 is 14.6 Å². The lowest BCUT2D eigenvalue weighted by Crippen LogP contribution is -2.46. The van der Waals surface area contributed by atoms with E-state index in [0.717, 1.165) is 17.5 Å². The Balaban J connectivity index is 2.63. The van der Waals surface area contributed by atoms with E-state index < -0.39 is 27.8 Å². The van der Waals surface area contributed by atoms with Gasteiger partial charge in [0.15, 0.2) is 0 Å². The lowest BCUT2D eigenvalue weighted by atomic mass is 9.73. The second kappa shape index (κ2) is 8.17. The number of nitrogens with zero attached hydrogens (tertiary/aromatic N) is 3. The third-order valence-electron chi connectivity index (χ3n) is 4.28. The number of hydrogen-bond acceptors (Lipinski definition) is 8. The molecule has 2 rings (SSSR count). The Labute approximate surface area is 159 Å². The van der Waals surface area contributed by atoms with Crippen molar-refractivity contribution in [1.29, 1.82) is 0 Å². The summed E-state index contributed by atoms with van der Waals surface area (Å²) in [7, 11) is 0. The van der Waals surface area contributed by atoms with E-state index in [1.807, 2.05) is 6.92 Å². The lowest BCUT2D eigenvalue weighted by Gasteiger charge is -2.34. The number of benzene rings is 1. The SMILES string of the molecule is CCSC1=N[C@@](C(C)C)([C@H](C[N+](=O)[O-])c2cccc([N+](=O)[O-])c2)C(=O)S1. The zero-order valence-electron chi connectivity index (χ0n) is 14.6. The summed E-state index contributed by atoms with van der Waals surface area (Å²) in [5.41, 5.74) is -1.10. The van der Waals surface area contributed by atoms with Crippen LogP contribution in [-0.2, 0) is 4.79 Å². The molecule has 0 aromatic heterocycles.